The van der Waals surface area contributed by atoms with E-state index in [1.165, 1.54) is 31.3 Å². The number of fused-ring (bicyclic) bond motifs is 8. The smallest absolute Gasteiger partial charge is 0.164 e. The first-order chi connectivity index (χ1) is 26.8. The zero-order valence-electron chi connectivity index (χ0n) is 28.9. The Labute approximate surface area is 314 Å². The quantitative estimate of drug-likeness (QED) is 0.179. The summed E-state index contributed by atoms with van der Waals surface area (Å²) in [5.74, 6) is 1.91. The van der Waals surface area contributed by atoms with E-state index in [9.17, 15) is 0 Å². The summed E-state index contributed by atoms with van der Waals surface area (Å²) in [7, 11) is 0. The molecule has 0 aliphatic rings. The molecule has 0 saturated heterocycles. The highest BCUT2D eigenvalue weighted by atomic mass is 32.1. The Balaban J connectivity index is 1.13. The van der Waals surface area contributed by atoms with Gasteiger partial charge in [-0.05, 0) is 46.3 Å². The van der Waals surface area contributed by atoms with Gasteiger partial charge in [-0.25, -0.2) is 15.0 Å². The average molecular weight is 708 g/mol. The van der Waals surface area contributed by atoms with Crippen LogP contribution < -0.4 is 0 Å². The van der Waals surface area contributed by atoms with Crippen LogP contribution in [0.3, 0.4) is 0 Å². The van der Waals surface area contributed by atoms with E-state index in [-0.39, 0.29) is 0 Å². The van der Waals surface area contributed by atoms with Gasteiger partial charge in [0, 0.05) is 58.6 Å². The van der Waals surface area contributed by atoms with Gasteiger partial charge in [0.15, 0.2) is 17.5 Å². The largest absolute Gasteiger partial charge is 0.455 e. The van der Waals surface area contributed by atoms with E-state index in [0.29, 0.717) is 17.5 Å². The highest BCUT2D eigenvalue weighted by molar-refractivity contribution is 7.26. The SMILES string of the molecule is c1ccc(-c2nc(-c3ccccc3)nc(-c3cccc(-c4cc5c(oc6cccc(-c7cccc8c7sc7ccccc78)c65)c5ccccc45)c3)n2)cc1. The predicted octanol–water partition coefficient (Wildman–Crippen LogP) is 13.6. The van der Waals surface area contributed by atoms with Gasteiger partial charge in [0.25, 0.3) is 0 Å². The summed E-state index contributed by atoms with van der Waals surface area (Å²) in [4.78, 5) is 15.0. The molecule has 0 amide bonds. The van der Waals surface area contributed by atoms with Gasteiger partial charge < -0.3 is 4.42 Å². The Morgan fingerprint density at radius 3 is 1.69 bits per heavy atom. The monoisotopic (exact) mass is 707 g/mol. The number of benzene rings is 8. The standard InChI is InChI=1S/C49H29N3OS/c1-3-14-30(15-4-1)47-50-48(31-16-5-2-6-17-31)52-49(51-47)33-19-11-18-32(28-33)40-29-41-44-36(23-13-26-42(44)53-45(41)37-22-8-7-20-34(37)40)39-25-12-24-38-35-21-9-10-27-43(35)54-46(38)39/h1-29H. The summed E-state index contributed by atoms with van der Waals surface area (Å²) < 4.78 is 9.35. The van der Waals surface area contributed by atoms with Gasteiger partial charge in [-0.15, -0.1) is 11.3 Å². The van der Waals surface area contributed by atoms with Gasteiger partial charge in [0.05, 0.1) is 0 Å². The number of thiophene rings is 1. The van der Waals surface area contributed by atoms with Gasteiger partial charge in [-0.1, -0.05) is 152 Å². The maximum absolute atomic E-state index is 6.77. The molecule has 3 aromatic heterocycles. The lowest BCUT2D eigenvalue weighted by molar-refractivity contribution is 0.673. The van der Waals surface area contributed by atoms with Crippen molar-refractivity contribution in [3.63, 3.8) is 0 Å². The van der Waals surface area contributed by atoms with E-state index < -0.39 is 0 Å². The normalized spacial score (nSPS) is 11.7. The zero-order valence-corrected chi connectivity index (χ0v) is 29.7. The second-order valence-corrected chi connectivity index (χ2v) is 14.6. The molecule has 0 aliphatic heterocycles. The molecule has 0 atom stereocenters. The molecule has 0 fully saturated rings. The molecule has 54 heavy (non-hydrogen) atoms. The van der Waals surface area contributed by atoms with Crippen LogP contribution in [0.15, 0.2) is 180 Å². The average Bonchev–Trinajstić information content (AvgIpc) is 3.83. The van der Waals surface area contributed by atoms with E-state index in [0.717, 1.165) is 60.5 Å². The molecule has 0 spiro atoms. The molecule has 0 N–H and O–H groups in total. The Kier molecular flexibility index (Phi) is 7.00. The summed E-state index contributed by atoms with van der Waals surface area (Å²) >= 11 is 1.85. The van der Waals surface area contributed by atoms with Crippen LogP contribution in [0.2, 0.25) is 0 Å². The van der Waals surface area contributed by atoms with E-state index in [1.807, 2.05) is 72.0 Å². The minimum atomic E-state index is 0.627. The third-order valence-corrected chi connectivity index (χ3v) is 11.5. The second kappa shape index (κ2) is 12.3. The van der Waals surface area contributed by atoms with Crippen LogP contribution in [0.25, 0.3) is 109 Å². The lowest BCUT2D eigenvalue weighted by Crippen LogP contribution is -2.00. The van der Waals surface area contributed by atoms with Crippen molar-refractivity contribution in [1.82, 2.24) is 15.0 Å². The highest BCUT2D eigenvalue weighted by Gasteiger charge is 2.20. The lowest BCUT2D eigenvalue weighted by Gasteiger charge is -2.12. The number of nitrogens with zero attached hydrogens (tertiary/aromatic N) is 3. The highest BCUT2D eigenvalue weighted by Crippen LogP contribution is 2.46. The Bertz CT molecular complexity index is 3160. The van der Waals surface area contributed by atoms with E-state index in [1.54, 1.807) is 0 Å². The number of furan rings is 1. The maximum atomic E-state index is 6.77. The van der Waals surface area contributed by atoms with Gasteiger partial charge in [0.2, 0.25) is 0 Å². The van der Waals surface area contributed by atoms with Gasteiger partial charge in [0.1, 0.15) is 11.2 Å². The van der Waals surface area contributed by atoms with Crippen LogP contribution in [0.4, 0.5) is 0 Å². The summed E-state index contributed by atoms with van der Waals surface area (Å²) in [5.41, 5.74) is 9.17. The van der Waals surface area contributed by atoms with Crippen LogP contribution in [-0.4, -0.2) is 15.0 Å². The van der Waals surface area contributed by atoms with Crippen molar-refractivity contribution in [2.24, 2.45) is 0 Å². The molecule has 11 rings (SSSR count). The Hall–Kier alpha value is -6.95. The molecule has 8 aromatic carbocycles. The predicted molar refractivity (Wildman–Crippen MR) is 225 cm³/mol. The molecule has 3 heterocycles. The minimum absolute atomic E-state index is 0.627. The van der Waals surface area contributed by atoms with Crippen molar-refractivity contribution in [3.8, 4) is 56.4 Å². The first-order valence-electron chi connectivity index (χ1n) is 18.0. The van der Waals surface area contributed by atoms with E-state index >= 15 is 0 Å². The number of hydrogen-bond acceptors (Lipinski definition) is 5. The molecule has 4 nitrogen and oxygen atoms in total. The van der Waals surface area contributed by atoms with Crippen LogP contribution >= 0.6 is 11.3 Å². The zero-order chi connectivity index (χ0) is 35.6. The van der Waals surface area contributed by atoms with Crippen LogP contribution in [-0.2, 0) is 0 Å². The van der Waals surface area contributed by atoms with Crippen molar-refractivity contribution in [1.29, 1.82) is 0 Å². The number of aromatic nitrogens is 3. The third kappa shape index (κ3) is 4.94. The maximum Gasteiger partial charge on any atom is 0.164 e. The molecule has 252 valence electrons. The van der Waals surface area contributed by atoms with E-state index in [2.05, 4.69) is 115 Å². The van der Waals surface area contributed by atoms with Gasteiger partial charge in [-0.3, -0.25) is 0 Å². The van der Waals surface area contributed by atoms with Crippen molar-refractivity contribution >= 4 is 64.2 Å². The topological polar surface area (TPSA) is 51.8 Å². The van der Waals surface area contributed by atoms with Gasteiger partial charge >= 0.3 is 0 Å². The first-order valence-corrected chi connectivity index (χ1v) is 18.8. The summed E-state index contributed by atoms with van der Waals surface area (Å²) in [6.07, 6.45) is 0. The molecule has 0 bridgehead atoms. The van der Waals surface area contributed by atoms with Gasteiger partial charge in [-0.2, -0.15) is 0 Å². The molecule has 0 radical (unpaired) electrons. The molecular weight excluding hydrogens is 679 g/mol. The van der Waals surface area contributed by atoms with Crippen LogP contribution in [0.1, 0.15) is 0 Å². The fourth-order valence-electron chi connectivity index (χ4n) is 7.83. The van der Waals surface area contributed by atoms with Crippen molar-refractivity contribution in [2.45, 2.75) is 0 Å². The molecule has 11 aromatic rings. The lowest BCUT2D eigenvalue weighted by atomic mass is 9.92. The molecule has 0 unspecified atom stereocenters. The minimum Gasteiger partial charge on any atom is -0.455 e. The fraction of sp³-hybridized carbons (Fsp3) is 0. The Morgan fingerprint density at radius 1 is 0.370 bits per heavy atom. The van der Waals surface area contributed by atoms with E-state index in [4.69, 9.17) is 19.4 Å². The molecule has 5 heteroatoms. The summed E-state index contributed by atoms with van der Waals surface area (Å²) in [6.45, 7) is 0. The molecule has 0 saturated carbocycles. The van der Waals surface area contributed by atoms with Crippen molar-refractivity contribution in [2.75, 3.05) is 0 Å². The first kappa shape index (κ1) is 30.7. The Morgan fingerprint density at radius 2 is 0.926 bits per heavy atom. The van der Waals surface area contributed by atoms with Crippen molar-refractivity contribution < 1.29 is 4.42 Å². The van der Waals surface area contributed by atoms with Crippen molar-refractivity contribution in [3.05, 3.63) is 176 Å². The molecular formula is C49H29N3OS. The second-order valence-electron chi connectivity index (χ2n) is 13.5. The molecule has 0 aliphatic carbocycles. The van der Waals surface area contributed by atoms with Crippen LogP contribution in [0.5, 0.6) is 0 Å². The van der Waals surface area contributed by atoms with Crippen LogP contribution in [0, 0.1) is 0 Å². The number of rotatable bonds is 5. The fourth-order valence-corrected chi connectivity index (χ4v) is 9.06. The summed E-state index contributed by atoms with van der Waals surface area (Å²) in [6, 6.07) is 61.4. The number of hydrogen-bond donors (Lipinski definition) is 0. The summed E-state index contributed by atoms with van der Waals surface area (Å²) in [5, 5.41) is 7.00. The third-order valence-electron chi connectivity index (χ3n) is 10.3.